The van der Waals surface area contributed by atoms with Gasteiger partial charge in [0.2, 0.25) is 0 Å². The zero-order valence-corrected chi connectivity index (χ0v) is 11.3. The first kappa shape index (κ1) is 11.8. The lowest BCUT2D eigenvalue weighted by Gasteiger charge is -2.07. The van der Waals surface area contributed by atoms with E-state index in [4.69, 9.17) is 4.42 Å². The Morgan fingerprint density at radius 2 is 1.81 bits per heavy atom. The summed E-state index contributed by atoms with van der Waals surface area (Å²) in [4.78, 5) is 12.3. The van der Waals surface area contributed by atoms with Crippen LogP contribution in [0.2, 0.25) is 0 Å². The molecular formula is C16H11N3O2. The van der Waals surface area contributed by atoms with Gasteiger partial charge < -0.3 is 4.42 Å². The highest BCUT2D eigenvalue weighted by molar-refractivity contribution is 5.84. The fraction of sp³-hybridized carbons (Fsp3) is 0.0625. The molecule has 0 unspecified atom stereocenters. The highest BCUT2D eigenvalue weighted by Gasteiger charge is 2.16. The van der Waals surface area contributed by atoms with Crippen LogP contribution in [0.5, 0.6) is 0 Å². The number of hydrogen-bond acceptors (Lipinski definition) is 4. The van der Waals surface area contributed by atoms with Gasteiger partial charge in [-0.15, -0.1) is 5.10 Å². The summed E-state index contributed by atoms with van der Waals surface area (Å²) in [6.07, 6.45) is 0. The SMILES string of the molecule is Cc1c(-n2nnc3ccccc32)c(=O)oc2ccccc12. The number of aromatic nitrogens is 3. The lowest BCUT2D eigenvalue weighted by Crippen LogP contribution is -2.14. The van der Waals surface area contributed by atoms with Crippen LogP contribution in [-0.4, -0.2) is 15.0 Å². The maximum atomic E-state index is 12.3. The molecule has 2 heterocycles. The lowest BCUT2D eigenvalue weighted by molar-refractivity contribution is 0.550. The van der Waals surface area contributed by atoms with Gasteiger partial charge in [-0.2, -0.15) is 0 Å². The molecule has 0 radical (unpaired) electrons. The molecule has 0 saturated carbocycles. The van der Waals surface area contributed by atoms with E-state index in [0.29, 0.717) is 11.3 Å². The summed E-state index contributed by atoms with van der Waals surface area (Å²) in [7, 11) is 0. The van der Waals surface area contributed by atoms with E-state index in [1.807, 2.05) is 49.4 Å². The first-order valence-electron chi connectivity index (χ1n) is 6.59. The van der Waals surface area contributed by atoms with Gasteiger partial charge in [0.15, 0.2) is 5.69 Å². The second kappa shape index (κ2) is 4.28. The first-order chi connectivity index (χ1) is 10.3. The van der Waals surface area contributed by atoms with E-state index in [1.165, 1.54) is 0 Å². The first-order valence-corrected chi connectivity index (χ1v) is 6.59. The number of nitrogens with zero attached hydrogens (tertiary/aromatic N) is 3. The predicted octanol–water partition coefficient (Wildman–Crippen LogP) is 2.84. The molecule has 0 aliphatic rings. The molecule has 5 heteroatoms. The molecule has 102 valence electrons. The van der Waals surface area contributed by atoms with Gasteiger partial charge in [0.25, 0.3) is 0 Å². The van der Waals surface area contributed by atoms with Crippen LogP contribution in [-0.2, 0) is 0 Å². The second-order valence-corrected chi connectivity index (χ2v) is 4.85. The minimum atomic E-state index is -0.415. The molecule has 4 aromatic rings. The van der Waals surface area contributed by atoms with Crippen LogP contribution in [0.3, 0.4) is 0 Å². The summed E-state index contributed by atoms with van der Waals surface area (Å²) < 4.78 is 6.95. The second-order valence-electron chi connectivity index (χ2n) is 4.85. The van der Waals surface area contributed by atoms with Gasteiger partial charge in [0.1, 0.15) is 11.1 Å². The summed E-state index contributed by atoms with van der Waals surface area (Å²) in [6.45, 7) is 1.89. The number of rotatable bonds is 1. The van der Waals surface area contributed by atoms with Crippen molar-refractivity contribution < 1.29 is 4.42 Å². The van der Waals surface area contributed by atoms with E-state index in [1.54, 1.807) is 10.7 Å². The molecule has 0 atom stereocenters. The molecule has 4 rings (SSSR count). The fourth-order valence-electron chi connectivity index (χ4n) is 2.57. The van der Waals surface area contributed by atoms with Gasteiger partial charge >= 0.3 is 5.63 Å². The van der Waals surface area contributed by atoms with E-state index < -0.39 is 5.63 Å². The lowest BCUT2D eigenvalue weighted by atomic mass is 10.1. The third-order valence-electron chi connectivity index (χ3n) is 3.61. The Kier molecular flexibility index (Phi) is 2.41. The summed E-state index contributed by atoms with van der Waals surface area (Å²) in [5.74, 6) is 0. The maximum absolute atomic E-state index is 12.3. The Morgan fingerprint density at radius 1 is 1.05 bits per heavy atom. The quantitative estimate of drug-likeness (QED) is 0.502. The molecule has 21 heavy (non-hydrogen) atoms. The third-order valence-corrected chi connectivity index (χ3v) is 3.61. The van der Waals surface area contributed by atoms with Crippen LogP contribution in [0.1, 0.15) is 5.56 Å². The van der Waals surface area contributed by atoms with Gasteiger partial charge in [0.05, 0.1) is 5.52 Å². The number of aryl methyl sites for hydroxylation is 1. The molecule has 0 aliphatic carbocycles. The molecule has 0 aliphatic heterocycles. The molecule has 0 amide bonds. The molecular weight excluding hydrogens is 266 g/mol. The van der Waals surface area contributed by atoms with Crippen LogP contribution in [0, 0.1) is 6.92 Å². The zero-order valence-electron chi connectivity index (χ0n) is 11.3. The maximum Gasteiger partial charge on any atom is 0.362 e. The van der Waals surface area contributed by atoms with Gasteiger partial charge in [-0.1, -0.05) is 35.5 Å². The van der Waals surface area contributed by atoms with Crippen LogP contribution in [0.15, 0.2) is 57.7 Å². The van der Waals surface area contributed by atoms with Crippen molar-refractivity contribution in [3.8, 4) is 5.69 Å². The van der Waals surface area contributed by atoms with Gasteiger partial charge in [-0.3, -0.25) is 0 Å². The smallest absolute Gasteiger partial charge is 0.362 e. The highest BCUT2D eigenvalue weighted by atomic mass is 16.4. The molecule has 0 N–H and O–H groups in total. The number of benzene rings is 2. The van der Waals surface area contributed by atoms with Crippen molar-refractivity contribution in [1.29, 1.82) is 0 Å². The fourth-order valence-corrected chi connectivity index (χ4v) is 2.57. The number of para-hydroxylation sites is 2. The predicted molar refractivity (Wildman–Crippen MR) is 79.6 cm³/mol. The molecule has 5 nitrogen and oxygen atoms in total. The Labute approximate surface area is 119 Å². The summed E-state index contributed by atoms with van der Waals surface area (Å²) in [6, 6.07) is 15.0. The molecule has 0 spiro atoms. The number of fused-ring (bicyclic) bond motifs is 2. The highest BCUT2D eigenvalue weighted by Crippen LogP contribution is 2.23. The Hall–Kier alpha value is -2.95. The minimum Gasteiger partial charge on any atom is -0.421 e. The molecule has 2 aromatic carbocycles. The zero-order chi connectivity index (χ0) is 14.4. The molecule has 2 aromatic heterocycles. The van der Waals surface area contributed by atoms with E-state index in [2.05, 4.69) is 10.3 Å². The molecule has 0 fully saturated rings. The Morgan fingerprint density at radius 3 is 2.71 bits per heavy atom. The average molecular weight is 277 g/mol. The summed E-state index contributed by atoms with van der Waals surface area (Å²) in [5.41, 5.74) is 2.92. The summed E-state index contributed by atoms with van der Waals surface area (Å²) >= 11 is 0. The standard InChI is InChI=1S/C16H11N3O2/c1-10-11-6-2-5-9-14(11)21-16(20)15(10)19-13-8-4-3-7-12(13)17-18-19/h2-9H,1H3. The van der Waals surface area contributed by atoms with Gasteiger partial charge in [-0.25, -0.2) is 9.48 Å². The largest absolute Gasteiger partial charge is 0.421 e. The van der Waals surface area contributed by atoms with Crippen molar-refractivity contribution >= 4 is 22.0 Å². The van der Waals surface area contributed by atoms with Crippen molar-refractivity contribution in [1.82, 2.24) is 15.0 Å². The normalized spacial score (nSPS) is 11.3. The topological polar surface area (TPSA) is 60.9 Å². The molecule has 0 bridgehead atoms. The van der Waals surface area contributed by atoms with E-state index in [-0.39, 0.29) is 0 Å². The average Bonchev–Trinajstić information content (AvgIpc) is 2.91. The third kappa shape index (κ3) is 1.67. The van der Waals surface area contributed by atoms with Gasteiger partial charge in [0, 0.05) is 5.39 Å². The van der Waals surface area contributed by atoms with Crippen LogP contribution >= 0.6 is 0 Å². The Bertz CT molecular complexity index is 1030. The van der Waals surface area contributed by atoms with E-state index in [0.717, 1.165) is 22.0 Å². The molecule has 0 saturated heterocycles. The van der Waals surface area contributed by atoms with Crippen LogP contribution in [0.4, 0.5) is 0 Å². The summed E-state index contributed by atoms with van der Waals surface area (Å²) in [5, 5.41) is 9.09. The van der Waals surface area contributed by atoms with Crippen LogP contribution < -0.4 is 5.63 Å². The minimum absolute atomic E-state index is 0.405. The van der Waals surface area contributed by atoms with Crippen molar-refractivity contribution in [3.05, 3.63) is 64.5 Å². The van der Waals surface area contributed by atoms with Gasteiger partial charge in [-0.05, 0) is 30.7 Å². The number of hydrogen-bond donors (Lipinski definition) is 0. The van der Waals surface area contributed by atoms with Crippen molar-refractivity contribution in [2.24, 2.45) is 0 Å². The Balaban J connectivity index is 2.13. The van der Waals surface area contributed by atoms with E-state index >= 15 is 0 Å². The van der Waals surface area contributed by atoms with Crippen molar-refractivity contribution in [2.45, 2.75) is 6.92 Å². The van der Waals surface area contributed by atoms with Crippen molar-refractivity contribution in [3.63, 3.8) is 0 Å². The van der Waals surface area contributed by atoms with E-state index in [9.17, 15) is 4.79 Å². The van der Waals surface area contributed by atoms with Crippen molar-refractivity contribution in [2.75, 3.05) is 0 Å². The monoisotopic (exact) mass is 277 g/mol. The van der Waals surface area contributed by atoms with Crippen LogP contribution in [0.25, 0.3) is 27.7 Å².